The first-order valence-electron chi connectivity index (χ1n) is 6.07. The van der Waals surface area contributed by atoms with Crippen molar-refractivity contribution in [1.82, 2.24) is 5.32 Å². The minimum Gasteiger partial charge on any atom is -0.313 e. The van der Waals surface area contributed by atoms with Crippen LogP contribution in [0, 0.1) is 5.82 Å². The van der Waals surface area contributed by atoms with Gasteiger partial charge in [-0.15, -0.1) is 0 Å². The smallest absolute Gasteiger partial charge is 0.129 e. The summed E-state index contributed by atoms with van der Waals surface area (Å²) in [5.74, 6) is -0.266. The molecule has 0 saturated heterocycles. The quantitative estimate of drug-likeness (QED) is 0.642. The molecule has 2 aromatic rings. The molecule has 0 aliphatic rings. The van der Waals surface area contributed by atoms with Gasteiger partial charge in [-0.25, -0.2) is 4.39 Å². The fourth-order valence-corrected chi connectivity index (χ4v) is 2.78. The van der Waals surface area contributed by atoms with Crippen molar-refractivity contribution in [1.29, 1.82) is 0 Å². The van der Waals surface area contributed by atoms with E-state index in [1.54, 1.807) is 6.07 Å². The average Bonchev–Trinajstić information content (AvgIpc) is 2.43. The summed E-state index contributed by atoms with van der Waals surface area (Å²) in [6, 6.07) is 11.0. The van der Waals surface area contributed by atoms with Gasteiger partial charge in [-0.05, 0) is 59.2 Å². The second-order valence-corrected chi connectivity index (χ2v) is 6.64. The van der Waals surface area contributed by atoms with Crippen LogP contribution >= 0.6 is 43.5 Å². The molecule has 106 valence electrons. The zero-order chi connectivity index (χ0) is 14.7. The van der Waals surface area contributed by atoms with E-state index in [0.717, 1.165) is 10.0 Å². The monoisotopic (exact) mass is 419 g/mol. The molecule has 2 rings (SSSR count). The Morgan fingerprint density at radius 1 is 1.20 bits per heavy atom. The topological polar surface area (TPSA) is 12.0 Å². The number of rotatable bonds is 4. The SMILES string of the molecule is CNC(Cc1ccc(Br)cc1)c1cc(Cl)c(Br)cc1F. The summed E-state index contributed by atoms with van der Waals surface area (Å²) in [6.07, 6.45) is 0.693. The van der Waals surface area contributed by atoms with Crippen molar-refractivity contribution in [2.24, 2.45) is 0 Å². The van der Waals surface area contributed by atoms with Gasteiger partial charge in [-0.3, -0.25) is 0 Å². The van der Waals surface area contributed by atoms with Gasteiger partial charge in [0.1, 0.15) is 5.82 Å². The molecule has 5 heteroatoms. The Morgan fingerprint density at radius 2 is 1.85 bits per heavy atom. The minimum atomic E-state index is -0.266. The molecular formula is C15H13Br2ClFN. The molecule has 0 saturated carbocycles. The van der Waals surface area contributed by atoms with Gasteiger partial charge in [-0.2, -0.15) is 0 Å². The fraction of sp³-hybridized carbons (Fsp3) is 0.200. The van der Waals surface area contributed by atoms with Gasteiger partial charge >= 0.3 is 0 Å². The summed E-state index contributed by atoms with van der Waals surface area (Å²) >= 11 is 12.7. The van der Waals surface area contributed by atoms with Crippen LogP contribution in [-0.2, 0) is 6.42 Å². The lowest BCUT2D eigenvalue weighted by Crippen LogP contribution is -2.20. The number of halogens is 4. The van der Waals surface area contributed by atoms with Gasteiger partial charge < -0.3 is 5.32 Å². The van der Waals surface area contributed by atoms with Gasteiger partial charge in [0.15, 0.2) is 0 Å². The van der Waals surface area contributed by atoms with E-state index in [1.807, 2.05) is 31.3 Å². The Kier molecular flexibility index (Phi) is 5.61. The van der Waals surface area contributed by atoms with E-state index in [4.69, 9.17) is 11.6 Å². The summed E-state index contributed by atoms with van der Waals surface area (Å²) in [4.78, 5) is 0. The van der Waals surface area contributed by atoms with E-state index in [0.29, 0.717) is 21.5 Å². The van der Waals surface area contributed by atoms with Gasteiger partial charge in [0, 0.05) is 20.6 Å². The molecule has 0 aliphatic heterocycles. The maximum absolute atomic E-state index is 14.1. The van der Waals surface area contributed by atoms with Crippen LogP contribution in [0.3, 0.4) is 0 Å². The lowest BCUT2D eigenvalue weighted by molar-refractivity contribution is 0.533. The van der Waals surface area contributed by atoms with Gasteiger partial charge in [-0.1, -0.05) is 39.7 Å². The van der Waals surface area contributed by atoms with Gasteiger partial charge in [0.25, 0.3) is 0 Å². The van der Waals surface area contributed by atoms with E-state index < -0.39 is 0 Å². The summed E-state index contributed by atoms with van der Waals surface area (Å²) in [7, 11) is 1.82. The van der Waals surface area contributed by atoms with Crippen molar-refractivity contribution in [2.75, 3.05) is 7.05 Å². The predicted molar refractivity (Wildman–Crippen MR) is 88.8 cm³/mol. The zero-order valence-electron chi connectivity index (χ0n) is 10.8. The molecule has 0 aromatic heterocycles. The summed E-state index contributed by atoms with van der Waals surface area (Å²) < 4.78 is 15.7. The third kappa shape index (κ3) is 3.82. The highest BCUT2D eigenvalue weighted by Crippen LogP contribution is 2.30. The predicted octanol–water partition coefficient (Wildman–Crippen LogP) is 5.51. The van der Waals surface area contributed by atoms with Crippen molar-refractivity contribution in [3.63, 3.8) is 0 Å². The molecule has 1 nitrogen and oxygen atoms in total. The first-order chi connectivity index (χ1) is 9.51. The van der Waals surface area contributed by atoms with Crippen molar-refractivity contribution >= 4 is 43.5 Å². The summed E-state index contributed by atoms with van der Waals surface area (Å²) in [5, 5.41) is 3.65. The number of benzene rings is 2. The van der Waals surface area contributed by atoms with Gasteiger partial charge in [0.05, 0.1) is 5.02 Å². The molecule has 0 radical (unpaired) electrons. The minimum absolute atomic E-state index is 0.123. The number of nitrogens with one attached hydrogen (secondary N) is 1. The van der Waals surface area contributed by atoms with E-state index in [2.05, 4.69) is 37.2 Å². The zero-order valence-corrected chi connectivity index (χ0v) is 14.7. The Morgan fingerprint density at radius 3 is 2.45 bits per heavy atom. The van der Waals surface area contributed by atoms with E-state index >= 15 is 0 Å². The van der Waals surface area contributed by atoms with Crippen LogP contribution in [0.4, 0.5) is 4.39 Å². The second-order valence-electron chi connectivity index (χ2n) is 4.46. The summed E-state index contributed by atoms with van der Waals surface area (Å²) in [5.41, 5.74) is 1.70. The molecule has 0 bridgehead atoms. The van der Waals surface area contributed by atoms with Crippen molar-refractivity contribution < 1.29 is 4.39 Å². The van der Waals surface area contributed by atoms with E-state index in [9.17, 15) is 4.39 Å². The van der Waals surface area contributed by atoms with Crippen molar-refractivity contribution in [3.8, 4) is 0 Å². The fourth-order valence-electron chi connectivity index (χ4n) is 2.03. The van der Waals surface area contributed by atoms with Crippen LogP contribution in [0.5, 0.6) is 0 Å². The molecular weight excluding hydrogens is 408 g/mol. The Bertz CT molecular complexity index is 602. The average molecular weight is 422 g/mol. The lowest BCUT2D eigenvalue weighted by atomic mass is 9.98. The number of likely N-dealkylation sites (N-methyl/N-ethyl adjacent to an activating group) is 1. The molecule has 0 spiro atoms. The maximum atomic E-state index is 14.1. The molecule has 2 aromatic carbocycles. The Balaban J connectivity index is 2.28. The first kappa shape index (κ1) is 16.0. The molecule has 1 unspecified atom stereocenters. The van der Waals surface area contributed by atoms with Crippen LogP contribution < -0.4 is 5.32 Å². The molecule has 0 heterocycles. The molecule has 0 fully saturated rings. The lowest BCUT2D eigenvalue weighted by Gasteiger charge is -2.18. The highest BCUT2D eigenvalue weighted by atomic mass is 79.9. The molecule has 0 aliphatic carbocycles. The van der Waals surface area contributed by atoms with Crippen LogP contribution in [0.25, 0.3) is 0 Å². The first-order valence-corrected chi connectivity index (χ1v) is 8.04. The third-order valence-corrected chi connectivity index (χ3v) is 4.84. The standard InChI is InChI=1S/C15H13Br2ClFN/c1-20-15(6-9-2-4-10(16)5-3-9)11-7-13(18)12(17)8-14(11)19/h2-5,7-8,15,20H,6H2,1H3. The highest BCUT2D eigenvalue weighted by molar-refractivity contribution is 9.10. The van der Waals surface area contributed by atoms with Gasteiger partial charge in [0.2, 0.25) is 0 Å². The molecule has 20 heavy (non-hydrogen) atoms. The van der Waals surface area contributed by atoms with Crippen molar-refractivity contribution in [3.05, 3.63) is 67.3 Å². The second kappa shape index (κ2) is 7.03. The number of hydrogen-bond donors (Lipinski definition) is 1. The Labute approximate surface area is 139 Å². The van der Waals surface area contributed by atoms with Crippen molar-refractivity contribution in [2.45, 2.75) is 12.5 Å². The maximum Gasteiger partial charge on any atom is 0.129 e. The van der Waals surface area contributed by atoms with Crippen LogP contribution in [-0.4, -0.2) is 7.05 Å². The normalized spacial score (nSPS) is 12.4. The van der Waals surface area contributed by atoms with Crippen LogP contribution in [0.15, 0.2) is 45.3 Å². The van der Waals surface area contributed by atoms with Crippen LogP contribution in [0.2, 0.25) is 5.02 Å². The molecule has 0 amide bonds. The van der Waals surface area contributed by atoms with E-state index in [1.165, 1.54) is 6.07 Å². The Hall–Kier alpha value is -0.420. The van der Waals surface area contributed by atoms with Crippen LogP contribution in [0.1, 0.15) is 17.2 Å². The summed E-state index contributed by atoms with van der Waals surface area (Å²) in [6.45, 7) is 0. The molecule has 1 atom stereocenters. The third-order valence-electron chi connectivity index (χ3n) is 3.12. The number of hydrogen-bond acceptors (Lipinski definition) is 1. The highest BCUT2D eigenvalue weighted by Gasteiger charge is 2.16. The molecule has 1 N–H and O–H groups in total. The largest absolute Gasteiger partial charge is 0.313 e. The van der Waals surface area contributed by atoms with E-state index in [-0.39, 0.29) is 11.9 Å².